The summed E-state index contributed by atoms with van der Waals surface area (Å²) in [4.78, 5) is 17.6. The predicted molar refractivity (Wildman–Crippen MR) is 107 cm³/mol. The van der Waals surface area contributed by atoms with Crippen LogP contribution in [-0.4, -0.2) is 31.0 Å². The van der Waals surface area contributed by atoms with Gasteiger partial charge in [-0.15, -0.1) is 5.10 Å². The Morgan fingerprint density at radius 2 is 2.00 bits per heavy atom. The summed E-state index contributed by atoms with van der Waals surface area (Å²) >= 11 is 0. The number of nitrogens with zero attached hydrogens (tertiary/aromatic N) is 5. The summed E-state index contributed by atoms with van der Waals surface area (Å²) in [5, 5.41) is 7.64. The van der Waals surface area contributed by atoms with E-state index < -0.39 is 0 Å². The zero-order valence-electron chi connectivity index (χ0n) is 16.7. The Labute approximate surface area is 158 Å². The molecule has 0 saturated carbocycles. The van der Waals surface area contributed by atoms with Gasteiger partial charge in [-0.1, -0.05) is 26.7 Å². The Hall–Kier alpha value is -2.77. The molecule has 1 unspecified atom stereocenters. The zero-order chi connectivity index (χ0) is 19.6. The molecule has 146 valence electrons. The normalized spacial score (nSPS) is 12.5. The third-order valence-corrected chi connectivity index (χ3v) is 4.91. The van der Waals surface area contributed by atoms with Crippen LogP contribution in [0.4, 0.5) is 11.4 Å². The van der Waals surface area contributed by atoms with Crippen molar-refractivity contribution in [3.05, 3.63) is 29.1 Å². The number of rotatable bonds is 8. The fourth-order valence-corrected chi connectivity index (χ4v) is 3.45. The number of fused-ring (bicyclic) bond motifs is 1. The second-order valence-corrected chi connectivity index (χ2v) is 6.86. The third-order valence-electron chi connectivity index (χ3n) is 4.91. The molecule has 0 bridgehead atoms. The predicted octanol–water partition coefficient (Wildman–Crippen LogP) is 3.36. The Balaban J connectivity index is 2.14. The van der Waals surface area contributed by atoms with Crippen LogP contribution in [0.3, 0.4) is 0 Å². The first-order valence-corrected chi connectivity index (χ1v) is 9.40. The number of ether oxygens (including phenoxy) is 1. The van der Waals surface area contributed by atoms with Gasteiger partial charge in [0.15, 0.2) is 0 Å². The number of unbranched alkanes of at least 4 members (excludes halogenated alkanes) is 1. The smallest absolute Gasteiger partial charge is 0.277 e. The third kappa shape index (κ3) is 3.56. The number of nitrogens with one attached hydrogen (secondary N) is 1. The maximum atomic E-state index is 13.1. The number of imidazole rings is 1. The van der Waals surface area contributed by atoms with Gasteiger partial charge in [-0.2, -0.15) is 0 Å². The Morgan fingerprint density at radius 1 is 1.22 bits per heavy atom. The molecule has 3 rings (SSSR count). The van der Waals surface area contributed by atoms with Gasteiger partial charge in [0.2, 0.25) is 0 Å². The SMILES string of the molecule is CCCCC(CC)n1cc(Nc2cn(C)nc2OC)c2ncn(C)c2c1=O. The molecule has 1 atom stereocenters. The van der Waals surface area contributed by atoms with Crippen LogP contribution in [0.15, 0.2) is 23.5 Å². The first kappa shape index (κ1) is 19.0. The molecule has 3 heterocycles. The second-order valence-electron chi connectivity index (χ2n) is 6.86. The molecule has 0 aliphatic rings. The topological polar surface area (TPSA) is 78.9 Å². The van der Waals surface area contributed by atoms with Crippen molar-refractivity contribution in [1.82, 2.24) is 23.9 Å². The lowest BCUT2D eigenvalue weighted by Crippen LogP contribution is -2.26. The van der Waals surface area contributed by atoms with Gasteiger partial charge >= 0.3 is 0 Å². The molecule has 0 amide bonds. The molecule has 27 heavy (non-hydrogen) atoms. The van der Waals surface area contributed by atoms with E-state index in [1.165, 1.54) is 0 Å². The van der Waals surface area contributed by atoms with E-state index >= 15 is 0 Å². The molecule has 3 aromatic rings. The summed E-state index contributed by atoms with van der Waals surface area (Å²) < 4.78 is 10.7. The van der Waals surface area contributed by atoms with Crippen molar-refractivity contribution in [2.75, 3.05) is 12.4 Å². The standard InChI is InChI=1S/C19H28N6O2/c1-6-8-9-13(7-2)25-11-14(16-17(19(25)26)23(3)12-20-16)21-15-10-24(4)22-18(15)27-5/h10-13,21H,6-9H2,1-5H3. The number of anilines is 2. The van der Waals surface area contributed by atoms with E-state index in [1.54, 1.807) is 22.7 Å². The number of hydrogen-bond acceptors (Lipinski definition) is 5. The van der Waals surface area contributed by atoms with Gasteiger partial charge in [0.25, 0.3) is 11.4 Å². The molecule has 0 aliphatic carbocycles. The van der Waals surface area contributed by atoms with Crippen LogP contribution in [0.25, 0.3) is 11.0 Å². The van der Waals surface area contributed by atoms with Gasteiger partial charge in [0.05, 0.1) is 25.3 Å². The highest BCUT2D eigenvalue weighted by Crippen LogP contribution is 2.30. The summed E-state index contributed by atoms with van der Waals surface area (Å²) in [6.45, 7) is 4.29. The van der Waals surface area contributed by atoms with E-state index in [2.05, 4.69) is 29.2 Å². The average molecular weight is 372 g/mol. The van der Waals surface area contributed by atoms with Gasteiger partial charge in [-0.05, 0) is 12.8 Å². The maximum Gasteiger partial charge on any atom is 0.277 e. The zero-order valence-corrected chi connectivity index (χ0v) is 16.7. The van der Waals surface area contributed by atoms with E-state index in [4.69, 9.17) is 4.74 Å². The minimum absolute atomic E-state index is 0.00310. The highest BCUT2D eigenvalue weighted by Gasteiger charge is 2.19. The second kappa shape index (κ2) is 7.85. The van der Waals surface area contributed by atoms with Crippen molar-refractivity contribution in [2.45, 2.75) is 45.6 Å². The maximum absolute atomic E-state index is 13.1. The van der Waals surface area contributed by atoms with Gasteiger partial charge in [-0.3, -0.25) is 9.48 Å². The van der Waals surface area contributed by atoms with E-state index in [0.29, 0.717) is 16.9 Å². The molecule has 8 nitrogen and oxygen atoms in total. The first-order valence-electron chi connectivity index (χ1n) is 9.40. The summed E-state index contributed by atoms with van der Waals surface area (Å²) in [5.74, 6) is 0.498. The van der Waals surface area contributed by atoms with Crippen molar-refractivity contribution in [1.29, 1.82) is 0 Å². The van der Waals surface area contributed by atoms with Crippen molar-refractivity contribution >= 4 is 22.4 Å². The Bertz CT molecular complexity index is 984. The number of aromatic nitrogens is 5. The van der Waals surface area contributed by atoms with Crippen LogP contribution in [-0.2, 0) is 14.1 Å². The summed E-state index contributed by atoms with van der Waals surface area (Å²) in [6.07, 6.45) is 9.48. The lowest BCUT2D eigenvalue weighted by molar-refractivity contribution is 0.393. The van der Waals surface area contributed by atoms with Crippen molar-refractivity contribution < 1.29 is 4.74 Å². The molecule has 0 aliphatic heterocycles. The molecule has 0 saturated heterocycles. The lowest BCUT2D eigenvalue weighted by Gasteiger charge is -2.20. The lowest BCUT2D eigenvalue weighted by atomic mass is 10.1. The van der Waals surface area contributed by atoms with Gasteiger partial charge < -0.3 is 19.2 Å². The molecular formula is C19H28N6O2. The van der Waals surface area contributed by atoms with Gasteiger partial charge in [-0.25, -0.2) is 4.98 Å². The number of hydrogen-bond donors (Lipinski definition) is 1. The fraction of sp³-hybridized carbons (Fsp3) is 0.526. The van der Waals surface area contributed by atoms with Crippen molar-refractivity contribution in [2.24, 2.45) is 14.1 Å². The minimum atomic E-state index is -0.00310. The van der Waals surface area contributed by atoms with E-state index in [-0.39, 0.29) is 11.6 Å². The van der Waals surface area contributed by atoms with Crippen LogP contribution in [0.1, 0.15) is 45.6 Å². The Morgan fingerprint density at radius 3 is 2.67 bits per heavy atom. The van der Waals surface area contributed by atoms with Crippen molar-refractivity contribution in [3.63, 3.8) is 0 Å². The fourth-order valence-electron chi connectivity index (χ4n) is 3.45. The number of methoxy groups -OCH3 is 1. The van der Waals surface area contributed by atoms with Gasteiger partial charge in [0.1, 0.15) is 16.7 Å². The first-order chi connectivity index (χ1) is 13.0. The molecule has 0 spiro atoms. The molecule has 0 aromatic carbocycles. The highest BCUT2D eigenvalue weighted by atomic mass is 16.5. The van der Waals surface area contributed by atoms with Crippen LogP contribution < -0.4 is 15.6 Å². The van der Waals surface area contributed by atoms with E-state index in [1.807, 2.05) is 31.1 Å². The van der Waals surface area contributed by atoms with E-state index in [9.17, 15) is 4.79 Å². The molecule has 3 aromatic heterocycles. The average Bonchev–Trinajstić information content (AvgIpc) is 3.21. The largest absolute Gasteiger partial charge is 0.478 e. The molecular weight excluding hydrogens is 344 g/mol. The highest BCUT2D eigenvalue weighted by molar-refractivity contribution is 5.89. The number of pyridine rings is 1. The molecule has 0 fully saturated rings. The van der Waals surface area contributed by atoms with Crippen LogP contribution in [0.2, 0.25) is 0 Å². The van der Waals surface area contributed by atoms with E-state index in [0.717, 1.165) is 37.1 Å². The monoisotopic (exact) mass is 372 g/mol. The minimum Gasteiger partial charge on any atom is -0.478 e. The summed E-state index contributed by atoms with van der Waals surface area (Å²) in [7, 11) is 5.27. The van der Waals surface area contributed by atoms with Crippen LogP contribution >= 0.6 is 0 Å². The molecule has 1 N–H and O–H groups in total. The summed E-state index contributed by atoms with van der Waals surface area (Å²) in [6, 6.07) is 0.160. The van der Waals surface area contributed by atoms with Gasteiger partial charge in [0, 0.05) is 26.3 Å². The Kier molecular flexibility index (Phi) is 5.53. The number of aryl methyl sites for hydroxylation is 2. The van der Waals surface area contributed by atoms with Crippen LogP contribution in [0.5, 0.6) is 5.88 Å². The quantitative estimate of drug-likeness (QED) is 0.656. The molecule has 0 radical (unpaired) electrons. The van der Waals surface area contributed by atoms with Crippen molar-refractivity contribution in [3.8, 4) is 5.88 Å². The summed E-state index contributed by atoms with van der Waals surface area (Å²) in [5.41, 5.74) is 2.75. The van der Waals surface area contributed by atoms with Crippen LogP contribution in [0, 0.1) is 0 Å². The molecule has 8 heteroatoms.